The number of nitrogen functional groups attached to an aromatic ring is 1. The van der Waals surface area contributed by atoms with Crippen molar-refractivity contribution in [3.8, 4) is 0 Å². The smallest absolute Gasteiger partial charge is 0.257 e. The molecule has 4 N–H and O–H groups in total. The minimum absolute atomic E-state index is 0.278. The van der Waals surface area contributed by atoms with Crippen LogP contribution in [-0.4, -0.2) is 5.91 Å². The van der Waals surface area contributed by atoms with Gasteiger partial charge in [-0.3, -0.25) is 10.6 Å². The Morgan fingerprint density at radius 2 is 1.85 bits per heavy atom. The van der Waals surface area contributed by atoms with E-state index in [2.05, 4.69) is 10.7 Å². The van der Waals surface area contributed by atoms with Crippen LogP contribution in [0.5, 0.6) is 0 Å². The summed E-state index contributed by atoms with van der Waals surface area (Å²) < 4.78 is 0. The predicted octanol–water partition coefficient (Wildman–Crippen LogP) is 3.84. The van der Waals surface area contributed by atoms with Crippen molar-refractivity contribution in [2.24, 2.45) is 5.84 Å². The summed E-state index contributed by atoms with van der Waals surface area (Å²) in [6.45, 7) is 1.90. The number of carbonyl (C=O) groups is 1. The number of halogens is 2. The van der Waals surface area contributed by atoms with Gasteiger partial charge in [0.15, 0.2) is 0 Å². The first-order valence-corrected chi connectivity index (χ1v) is 6.60. The van der Waals surface area contributed by atoms with Gasteiger partial charge in [0.05, 0.1) is 21.3 Å². The van der Waals surface area contributed by atoms with Gasteiger partial charge in [-0.25, -0.2) is 0 Å². The maximum Gasteiger partial charge on any atom is 0.257 e. The molecule has 0 heterocycles. The van der Waals surface area contributed by atoms with Crippen LogP contribution in [0.25, 0.3) is 0 Å². The van der Waals surface area contributed by atoms with Crippen molar-refractivity contribution in [1.82, 2.24) is 0 Å². The number of anilines is 2. The number of hydrogen-bond acceptors (Lipinski definition) is 3. The number of nitrogens with two attached hydrogens (primary N) is 1. The summed E-state index contributed by atoms with van der Waals surface area (Å²) in [7, 11) is 0. The first kappa shape index (κ1) is 14.7. The number of rotatable bonds is 3. The summed E-state index contributed by atoms with van der Waals surface area (Å²) in [4.78, 5) is 12.3. The zero-order valence-electron chi connectivity index (χ0n) is 10.7. The Balaban J connectivity index is 2.27. The summed E-state index contributed by atoms with van der Waals surface area (Å²) in [5.74, 6) is 5.13. The first-order valence-electron chi connectivity index (χ1n) is 5.85. The van der Waals surface area contributed by atoms with Crippen LogP contribution in [0.15, 0.2) is 36.4 Å². The predicted molar refractivity (Wildman–Crippen MR) is 83.4 cm³/mol. The topological polar surface area (TPSA) is 67.1 Å². The van der Waals surface area contributed by atoms with E-state index in [4.69, 9.17) is 29.0 Å². The van der Waals surface area contributed by atoms with Crippen molar-refractivity contribution in [2.75, 3.05) is 10.7 Å². The fraction of sp³-hybridized carbons (Fsp3) is 0.0714. The first-order chi connectivity index (χ1) is 9.51. The standard InChI is InChI=1S/C14H13Cl2N3O/c1-8-2-5-13(19-17)10(6-8)14(20)18-9-3-4-11(15)12(16)7-9/h2-7,19H,17H2,1H3,(H,18,20). The Bertz CT molecular complexity index is 659. The highest BCUT2D eigenvalue weighted by molar-refractivity contribution is 6.42. The van der Waals surface area contributed by atoms with Crippen LogP contribution in [0.1, 0.15) is 15.9 Å². The molecule has 2 aromatic rings. The maximum atomic E-state index is 12.3. The lowest BCUT2D eigenvalue weighted by atomic mass is 10.1. The van der Waals surface area contributed by atoms with Gasteiger partial charge in [0.25, 0.3) is 5.91 Å². The molecule has 104 valence electrons. The maximum absolute atomic E-state index is 12.3. The van der Waals surface area contributed by atoms with E-state index in [-0.39, 0.29) is 5.91 Å². The zero-order chi connectivity index (χ0) is 14.7. The molecule has 1 amide bonds. The Kier molecular flexibility index (Phi) is 4.49. The summed E-state index contributed by atoms with van der Waals surface area (Å²) in [5.41, 5.74) is 5.03. The van der Waals surface area contributed by atoms with E-state index in [1.807, 2.05) is 13.0 Å². The average Bonchev–Trinajstić information content (AvgIpc) is 2.43. The second kappa shape index (κ2) is 6.13. The highest BCUT2D eigenvalue weighted by Gasteiger charge is 2.12. The van der Waals surface area contributed by atoms with E-state index in [1.54, 1.807) is 30.3 Å². The molecule has 0 aliphatic heterocycles. The number of aryl methyl sites for hydroxylation is 1. The van der Waals surface area contributed by atoms with Gasteiger partial charge in [-0.05, 0) is 37.3 Å². The molecular formula is C14H13Cl2N3O. The molecule has 0 saturated heterocycles. The molecule has 0 fully saturated rings. The molecule has 4 nitrogen and oxygen atoms in total. The average molecular weight is 310 g/mol. The van der Waals surface area contributed by atoms with Crippen LogP contribution in [0, 0.1) is 6.92 Å². The van der Waals surface area contributed by atoms with Gasteiger partial charge < -0.3 is 10.7 Å². The van der Waals surface area contributed by atoms with Crippen molar-refractivity contribution in [1.29, 1.82) is 0 Å². The molecule has 0 spiro atoms. The number of amides is 1. The van der Waals surface area contributed by atoms with Crippen LogP contribution >= 0.6 is 23.2 Å². The van der Waals surface area contributed by atoms with E-state index in [0.29, 0.717) is 27.0 Å². The van der Waals surface area contributed by atoms with Crippen molar-refractivity contribution < 1.29 is 4.79 Å². The molecule has 2 aromatic carbocycles. The third kappa shape index (κ3) is 3.22. The van der Waals surface area contributed by atoms with E-state index in [9.17, 15) is 4.79 Å². The fourth-order valence-corrected chi connectivity index (χ4v) is 2.04. The third-order valence-electron chi connectivity index (χ3n) is 2.75. The minimum atomic E-state index is -0.278. The molecular weight excluding hydrogens is 297 g/mol. The van der Waals surface area contributed by atoms with E-state index >= 15 is 0 Å². The van der Waals surface area contributed by atoms with Gasteiger partial charge in [0, 0.05) is 5.69 Å². The van der Waals surface area contributed by atoms with Gasteiger partial charge in [0.1, 0.15) is 0 Å². The van der Waals surface area contributed by atoms with E-state index in [0.717, 1.165) is 5.56 Å². The number of hydrogen-bond donors (Lipinski definition) is 3. The quantitative estimate of drug-likeness (QED) is 0.596. The molecule has 2 rings (SSSR count). The number of nitrogens with one attached hydrogen (secondary N) is 2. The normalized spacial score (nSPS) is 10.2. The van der Waals surface area contributed by atoms with Gasteiger partial charge in [-0.2, -0.15) is 0 Å². The van der Waals surface area contributed by atoms with E-state index < -0.39 is 0 Å². The van der Waals surface area contributed by atoms with Crippen LogP contribution in [0.3, 0.4) is 0 Å². The Hall–Kier alpha value is -1.75. The van der Waals surface area contributed by atoms with Gasteiger partial charge in [-0.1, -0.05) is 34.8 Å². The minimum Gasteiger partial charge on any atom is -0.323 e. The fourth-order valence-electron chi connectivity index (χ4n) is 1.74. The van der Waals surface area contributed by atoms with Crippen molar-refractivity contribution in [3.05, 3.63) is 57.6 Å². The van der Waals surface area contributed by atoms with Gasteiger partial charge in [-0.15, -0.1) is 0 Å². The summed E-state index contributed by atoms with van der Waals surface area (Å²) in [6.07, 6.45) is 0. The number of benzene rings is 2. The number of hydrazine groups is 1. The highest BCUT2D eigenvalue weighted by atomic mass is 35.5. The summed E-state index contributed by atoms with van der Waals surface area (Å²) >= 11 is 11.7. The van der Waals surface area contributed by atoms with Crippen molar-refractivity contribution >= 4 is 40.5 Å². The molecule has 0 aromatic heterocycles. The summed E-state index contributed by atoms with van der Waals surface area (Å²) in [5, 5.41) is 3.57. The molecule has 0 saturated carbocycles. The lowest BCUT2D eigenvalue weighted by Gasteiger charge is -2.11. The highest BCUT2D eigenvalue weighted by Crippen LogP contribution is 2.26. The second-order valence-corrected chi connectivity index (χ2v) is 5.09. The van der Waals surface area contributed by atoms with Gasteiger partial charge >= 0.3 is 0 Å². The molecule has 0 aliphatic carbocycles. The molecule has 0 bridgehead atoms. The van der Waals surface area contributed by atoms with Crippen molar-refractivity contribution in [3.63, 3.8) is 0 Å². The van der Waals surface area contributed by atoms with Crippen LogP contribution in [-0.2, 0) is 0 Å². The monoisotopic (exact) mass is 309 g/mol. The number of carbonyl (C=O) groups excluding carboxylic acids is 1. The second-order valence-electron chi connectivity index (χ2n) is 4.28. The molecule has 0 radical (unpaired) electrons. The molecule has 20 heavy (non-hydrogen) atoms. The van der Waals surface area contributed by atoms with Gasteiger partial charge in [0.2, 0.25) is 0 Å². The SMILES string of the molecule is Cc1ccc(NN)c(C(=O)Nc2ccc(Cl)c(Cl)c2)c1. The van der Waals surface area contributed by atoms with Crippen molar-refractivity contribution in [2.45, 2.75) is 6.92 Å². The molecule has 0 unspecified atom stereocenters. The Morgan fingerprint density at radius 1 is 1.10 bits per heavy atom. The largest absolute Gasteiger partial charge is 0.323 e. The lowest BCUT2D eigenvalue weighted by Crippen LogP contribution is -2.17. The van der Waals surface area contributed by atoms with Crippen LogP contribution < -0.4 is 16.6 Å². The zero-order valence-corrected chi connectivity index (χ0v) is 12.2. The van der Waals surface area contributed by atoms with E-state index in [1.165, 1.54) is 0 Å². The van der Waals surface area contributed by atoms with Crippen LogP contribution in [0.2, 0.25) is 10.0 Å². The molecule has 0 atom stereocenters. The molecule has 0 aliphatic rings. The molecule has 6 heteroatoms. The van der Waals surface area contributed by atoms with Crippen LogP contribution in [0.4, 0.5) is 11.4 Å². The summed E-state index contributed by atoms with van der Waals surface area (Å²) in [6, 6.07) is 10.3. The lowest BCUT2D eigenvalue weighted by molar-refractivity contribution is 0.102. The Morgan fingerprint density at radius 3 is 2.50 bits per heavy atom. The Labute approximate surface area is 126 Å². The third-order valence-corrected chi connectivity index (χ3v) is 3.49.